The zero-order valence-corrected chi connectivity index (χ0v) is 12.1. The number of rotatable bonds is 2. The largest absolute Gasteiger partial charge is 0.450 e. The van der Waals surface area contributed by atoms with E-state index < -0.39 is 0 Å². The van der Waals surface area contributed by atoms with Crippen molar-refractivity contribution in [3.05, 3.63) is 66.7 Å². The number of benzene rings is 3. The summed E-state index contributed by atoms with van der Waals surface area (Å²) in [5.41, 5.74) is 3.25. The van der Waals surface area contributed by atoms with E-state index in [1.807, 2.05) is 23.5 Å². The van der Waals surface area contributed by atoms with Gasteiger partial charge >= 0.3 is 7.48 Å². The van der Waals surface area contributed by atoms with Crippen molar-refractivity contribution in [3.8, 4) is 11.1 Å². The van der Waals surface area contributed by atoms with Gasteiger partial charge in [-0.25, -0.2) is 0 Å². The first kappa shape index (κ1) is 12.6. The molecular weight excluding hydrogens is 275 g/mol. The molecule has 0 fully saturated rings. The highest BCUT2D eigenvalue weighted by atomic mass is 32.1. The Morgan fingerprint density at radius 2 is 1.52 bits per heavy atom. The molecule has 1 aromatic heterocycles. The molecule has 1 nitrogen and oxygen atoms in total. The summed E-state index contributed by atoms with van der Waals surface area (Å²) < 4.78 is 2.64. The Balaban J connectivity index is 1.99. The molecule has 99 valence electrons. The average molecular weight is 287 g/mol. The molecule has 4 rings (SSSR count). The lowest BCUT2D eigenvalue weighted by Crippen LogP contribution is -2.11. The predicted octanol–water partition coefficient (Wildman–Crippen LogP) is 3.96. The van der Waals surface area contributed by atoms with Crippen LogP contribution in [0.15, 0.2) is 66.7 Å². The van der Waals surface area contributed by atoms with Gasteiger partial charge in [0, 0.05) is 20.2 Å². The molecule has 3 heteroatoms. The Morgan fingerprint density at radius 1 is 0.762 bits per heavy atom. The molecule has 0 bridgehead atoms. The lowest BCUT2D eigenvalue weighted by Gasteiger charge is -2.04. The third kappa shape index (κ3) is 2.06. The molecular formula is C18H12BOS. The molecule has 0 amide bonds. The molecule has 0 atom stereocenters. The van der Waals surface area contributed by atoms with Gasteiger partial charge in [-0.1, -0.05) is 66.1 Å². The van der Waals surface area contributed by atoms with Crippen LogP contribution in [0.5, 0.6) is 0 Å². The van der Waals surface area contributed by atoms with E-state index in [0.29, 0.717) is 0 Å². The molecule has 1 N–H and O–H groups in total. The Kier molecular flexibility index (Phi) is 3.02. The third-order valence-corrected chi connectivity index (χ3v) is 4.99. The molecule has 0 aliphatic carbocycles. The molecule has 0 saturated heterocycles. The van der Waals surface area contributed by atoms with Gasteiger partial charge in [0.25, 0.3) is 0 Å². The molecule has 1 radical (unpaired) electrons. The van der Waals surface area contributed by atoms with Crippen molar-refractivity contribution in [3.63, 3.8) is 0 Å². The Morgan fingerprint density at radius 3 is 2.33 bits per heavy atom. The lowest BCUT2D eigenvalue weighted by molar-refractivity contribution is 0.615. The second-order valence-corrected chi connectivity index (χ2v) is 6.08. The minimum atomic E-state index is 0.822. The van der Waals surface area contributed by atoms with Crippen LogP contribution in [0.1, 0.15) is 0 Å². The maximum atomic E-state index is 9.04. The monoisotopic (exact) mass is 287 g/mol. The fourth-order valence-corrected chi connectivity index (χ4v) is 3.96. The van der Waals surface area contributed by atoms with Crippen molar-refractivity contribution in [2.75, 3.05) is 0 Å². The molecule has 4 aromatic rings. The molecule has 0 unspecified atom stereocenters. The summed E-state index contributed by atoms with van der Waals surface area (Å²) in [5, 5.41) is 11.7. The van der Waals surface area contributed by atoms with E-state index in [-0.39, 0.29) is 0 Å². The zero-order chi connectivity index (χ0) is 14.2. The van der Waals surface area contributed by atoms with Crippen LogP contribution in [0, 0.1) is 0 Å². The fraction of sp³-hybridized carbons (Fsp3) is 0. The number of hydrogen-bond acceptors (Lipinski definition) is 2. The lowest BCUT2D eigenvalue weighted by atomic mass is 9.87. The first-order valence-corrected chi connectivity index (χ1v) is 7.66. The summed E-state index contributed by atoms with van der Waals surface area (Å²) in [5.74, 6) is 0. The van der Waals surface area contributed by atoms with E-state index in [1.165, 1.54) is 31.3 Å². The van der Waals surface area contributed by atoms with Crippen LogP contribution < -0.4 is 5.46 Å². The van der Waals surface area contributed by atoms with Gasteiger partial charge in [-0.15, -0.1) is 11.3 Å². The fourth-order valence-electron chi connectivity index (χ4n) is 2.72. The standard InChI is InChI=1S/C18H12BOS/c20-19-13-10-8-12(9-11-13)14-5-3-6-16-15-4-1-2-7-17(15)21-18(14)16/h1-11,20H. The first-order valence-electron chi connectivity index (χ1n) is 6.85. The molecule has 0 spiro atoms. The van der Waals surface area contributed by atoms with Crippen LogP contribution in [0.4, 0.5) is 0 Å². The smallest absolute Gasteiger partial charge is 0.326 e. The first-order chi connectivity index (χ1) is 10.4. The van der Waals surface area contributed by atoms with Crippen molar-refractivity contribution in [2.24, 2.45) is 0 Å². The highest BCUT2D eigenvalue weighted by Gasteiger charge is 2.09. The summed E-state index contributed by atoms with van der Waals surface area (Å²) in [6, 6.07) is 23.0. The summed E-state index contributed by atoms with van der Waals surface area (Å²) >= 11 is 1.84. The van der Waals surface area contributed by atoms with Gasteiger partial charge in [-0.2, -0.15) is 0 Å². The summed E-state index contributed by atoms with van der Waals surface area (Å²) in [4.78, 5) is 0. The van der Waals surface area contributed by atoms with Crippen LogP contribution in [-0.4, -0.2) is 12.5 Å². The Bertz CT molecular complexity index is 925. The Hall–Kier alpha value is -2.10. The van der Waals surface area contributed by atoms with E-state index in [9.17, 15) is 0 Å². The highest BCUT2D eigenvalue weighted by molar-refractivity contribution is 7.26. The van der Waals surface area contributed by atoms with Gasteiger partial charge in [0.1, 0.15) is 0 Å². The third-order valence-electron chi connectivity index (χ3n) is 3.78. The van der Waals surface area contributed by atoms with E-state index in [1.54, 1.807) is 0 Å². The van der Waals surface area contributed by atoms with Crippen molar-refractivity contribution in [2.45, 2.75) is 0 Å². The van der Waals surface area contributed by atoms with Crippen LogP contribution in [-0.2, 0) is 0 Å². The van der Waals surface area contributed by atoms with Crippen LogP contribution in [0.3, 0.4) is 0 Å². The quantitative estimate of drug-likeness (QED) is 0.553. The van der Waals surface area contributed by atoms with Crippen LogP contribution >= 0.6 is 11.3 Å². The predicted molar refractivity (Wildman–Crippen MR) is 92.4 cm³/mol. The van der Waals surface area contributed by atoms with Gasteiger partial charge in [0.15, 0.2) is 0 Å². The summed E-state index contributed by atoms with van der Waals surface area (Å²) in [7, 11) is 1.13. The zero-order valence-electron chi connectivity index (χ0n) is 11.3. The molecule has 21 heavy (non-hydrogen) atoms. The van der Waals surface area contributed by atoms with Crippen LogP contribution in [0.2, 0.25) is 0 Å². The SMILES string of the molecule is O[B]c1ccc(-c2cccc3c2sc2ccccc23)cc1. The topological polar surface area (TPSA) is 20.2 Å². The molecule has 1 heterocycles. The maximum Gasteiger partial charge on any atom is 0.326 e. The Labute approximate surface area is 127 Å². The van der Waals surface area contributed by atoms with Gasteiger partial charge < -0.3 is 5.02 Å². The van der Waals surface area contributed by atoms with Gasteiger partial charge in [0.2, 0.25) is 0 Å². The minimum Gasteiger partial charge on any atom is -0.450 e. The minimum absolute atomic E-state index is 0.822. The van der Waals surface area contributed by atoms with Crippen LogP contribution in [0.25, 0.3) is 31.3 Å². The van der Waals surface area contributed by atoms with Gasteiger partial charge in [-0.3, -0.25) is 0 Å². The number of fused-ring (bicyclic) bond motifs is 3. The van der Waals surface area contributed by atoms with Crippen molar-refractivity contribution < 1.29 is 5.02 Å². The average Bonchev–Trinajstić information content (AvgIpc) is 2.94. The van der Waals surface area contributed by atoms with E-state index in [4.69, 9.17) is 5.02 Å². The number of hydrogen-bond donors (Lipinski definition) is 1. The van der Waals surface area contributed by atoms with E-state index in [0.717, 1.165) is 12.9 Å². The normalized spacial score (nSPS) is 11.1. The second kappa shape index (κ2) is 5.03. The van der Waals surface area contributed by atoms with Crippen molar-refractivity contribution in [1.29, 1.82) is 0 Å². The number of thiophene rings is 1. The van der Waals surface area contributed by atoms with Crippen molar-refractivity contribution >= 4 is 44.5 Å². The van der Waals surface area contributed by atoms with E-state index >= 15 is 0 Å². The summed E-state index contributed by atoms with van der Waals surface area (Å²) in [6.45, 7) is 0. The highest BCUT2D eigenvalue weighted by Crippen LogP contribution is 2.39. The van der Waals surface area contributed by atoms with Gasteiger partial charge in [-0.05, 0) is 17.2 Å². The van der Waals surface area contributed by atoms with Gasteiger partial charge in [0.05, 0.1) is 0 Å². The second-order valence-electron chi connectivity index (χ2n) is 5.03. The summed E-state index contributed by atoms with van der Waals surface area (Å²) in [6.07, 6.45) is 0. The van der Waals surface area contributed by atoms with Crippen molar-refractivity contribution in [1.82, 2.24) is 0 Å². The molecule has 0 aliphatic rings. The molecule has 3 aromatic carbocycles. The van der Waals surface area contributed by atoms with E-state index in [2.05, 4.69) is 54.6 Å². The molecule has 0 aliphatic heterocycles. The maximum absolute atomic E-state index is 9.04. The molecule has 0 saturated carbocycles.